The molecule has 1 aliphatic rings. The van der Waals surface area contributed by atoms with Crippen LogP contribution in [0.25, 0.3) is 22.4 Å². The van der Waals surface area contributed by atoms with Crippen molar-refractivity contribution >= 4 is 28.5 Å². The molecule has 4 aromatic rings. The molecule has 184 valence electrons. The Labute approximate surface area is 209 Å². The lowest BCUT2D eigenvalue weighted by molar-refractivity contribution is 0.0915. The summed E-state index contributed by atoms with van der Waals surface area (Å²) in [6, 6.07) is 16.8. The molecule has 0 radical (unpaired) electrons. The molecule has 2 heterocycles. The molecule has 0 spiro atoms. The smallest absolute Gasteiger partial charge is 0.255 e. The van der Waals surface area contributed by atoms with Crippen molar-refractivity contribution in [2.45, 2.75) is 44.7 Å². The number of benzene rings is 2. The Hall–Kier alpha value is -4.04. The summed E-state index contributed by atoms with van der Waals surface area (Å²) in [6.45, 7) is 3.00. The normalized spacial score (nSPS) is 17.6. The molecule has 8 nitrogen and oxygen atoms in total. The van der Waals surface area contributed by atoms with E-state index in [1.165, 1.54) is 6.42 Å². The number of rotatable bonds is 7. The van der Waals surface area contributed by atoms with Crippen LogP contribution in [-0.2, 0) is 0 Å². The average Bonchev–Trinajstić information content (AvgIpc) is 3.34. The highest BCUT2D eigenvalue weighted by Gasteiger charge is 2.26. The summed E-state index contributed by atoms with van der Waals surface area (Å²) in [5, 5.41) is 9.56. The molecule has 4 N–H and O–H groups in total. The Kier molecular flexibility index (Phi) is 7.04. The Morgan fingerprint density at radius 3 is 2.50 bits per heavy atom. The largest absolute Gasteiger partial charge is 0.348 e. The van der Waals surface area contributed by atoms with Gasteiger partial charge < -0.3 is 20.9 Å². The third kappa shape index (κ3) is 5.28. The summed E-state index contributed by atoms with van der Waals surface area (Å²) >= 11 is 0. The number of fused-ring (bicyclic) bond motifs is 1. The van der Waals surface area contributed by atoms with Crippen LogP contribution in [0.3, 0.4) is 0 Å². The van der Waals surface area contributed by atoms with Crippen molar-refractivity contribution in [3.05, 3.63) is 78.1 Å². The van der Waals surface area contributed by atoms with Gasteiger partial charge in [0, 0.05) is 35.0 Å². The maximum absolute atomic E-state index is 13.0. The molecule has 8 heteroatoms. The van der Waals surface area contributed by atoms with Gasteiger partial charge in [-0.1, -0.05) is 31.9 Å². The molecule has 2 aromatic heterocycles. The molecule has 1 aliphatic carbocycles. The monoisotopic (exact) mass is 482 g/mol. The van der Waals surface area contributed by atoms with E-state index in [1.807, 2.05) is 30.3 Å². The standard InChI is InChI=1S/C28H30N6O2/c1-2-30-22-7-3-4-8-23(22)34-28(36)20-13-14-24-25(16-20)33-26(32-24)18-9-11-19(12-10-18)27(35)31-21-6-5-15-29-17-21/h5-6,9-17,22-23,30H,2-4,7-8H2,1H3,(H,31,35)(H,32,33)(H,34,36). The highest BCUT2D eigenvalue weighted by atomic mass is 16.2. The second-order valence-corrected chi connectivity index (χ2v) is 9.12. The van der Waals surface area contributed by atoms with E-state index in [2.05, 4.69) is 37.8 Å². The lowest BCUT2D eigenvalue weighted by Crippen LogP contribution is -2.51. The van der Waals surface area contributed by atoms with E-state index < -0.39 is 0 Å². The number of imidazole rings is 1. The Morgan fingerprint density at radius 1 is 0.972 bits per heavy atom. The van der Waals surface area contributed by atoms with Gasteiger partial charge in [-0.3, -0.25) is 14.6 Å². The zero-order valence-corrected chi connectivity index (χ0v) is 20.3. The number of hydrogen-bond acceptors (Lipinski definition) is 5. The van der Waals surface area contributed by atoms with Crippen molar-refractivity contribution in [2.75, 3.05) is 11.9 Å². The predicted molar refractivity (Wildman–Crippen MR) is 141 cm³/mol. The molecule has 2 amide bonds. The fraction of sp³-hybridized carbons (Fsp3) is 0.286. The number of likely N-dealkylation sites (N-methyl/N-ethyl adjacent to an activating group) is 1. The number of carbonyl (C=O) groups is 2. The van der Waals surface area contributed by atoms with Crippen molar-refractivity contribution in [2.24, 2.45) is 0 Å². The van der Waals surface area contributed by atoms with Crippen LogP contribution in [0.1, 0.15) is 53.3 Å². The molecular formula is C28H30N6O2. The minimum absolute atomic E-state index is 0.0631. The lowest BCUT2D eigenvalue weighted by atomic mass is 9.90. The summed E-state index contributed by atoms with van der Waals surface area (Å²) in [6.07, 6.45) is 7.68. The summed E-state index contributed by atoms with van der Waals surface area (Å²) < 4.78 is 0. The lowest BCUT2D eigenvalue weighted by Gasteiger charge is -2.32. The number of carbonyl (C=O) groups excluding carboxylic acids is 2. The van der Waals surface area contributed by atoms with Gasteiger partial charge in [-0.05, 0) is 61.9 Å². The number of amides is 2. The first-order chi connectivity index (χ1) is 17.6. The Morgan fingerprint density at radius 2 is 1.75 bits per heavy atom. The Bertz CT molecular complexity index is 1350. The van der Waals surface area contributed by atoms with Crippen LogP contribution in [0.5, 0.6) is 0 Å². The molecule has 0 saturated heterocycles. The van der Waals surface area contributed by atoms with Crippen LogP contribution in [0.2, 0.25) is 0 Å². The van der Waals surface area contributed by atoms with Gasteiger partial charge in [-0.25, -0.2) is 4.98 Å². The first-order valence-electron chi connectivity index (χ1n) is 12.5. The highest BCUT2D eigenvalue weighted by Crippen LogP contribution is 2.23. The van der Waals surface area contributed by atoms with E-state index >= 15 is 0 Å². The van der Waals surface area contributed by atoms with E-state index in [4.69, 9.17) is 0 Å². The summed E-state index contributed by atoms with van der Waals surface area (Å²) in [5.41, 5.74) is 4.22. The SMILES string of the molecule is CCNC1CCCCC1NC(=O)c1ccc2nc(-c3ccc(C(=O)Nc4cccnc4)cc3)[nH]c2c1. The van der Waals surface area contributed by atoms with E-state index in [0.29, 0.717) is 28.7 Å². The molecule has 0 aliphatic heterocycles. The van der Waals surface area contributed by atoms with Gasteiger partial charge in [0.05, 0.1) is 22.9 Å². The molecule has 36 heavy (non-hydrogen) atoms. The van der Waals surface area contributed by atoms with Gasteiger partial charge in [0.1, 0.15) is 5.82 Å². The topological polar surface area (TPSA) is 112 Å². The molecule has 0 bridgehead atoms. The highest BCUT2D eigenvalue weighted by molar-refractivity contribution is 6.04. The van der Waals surface area contributed by atoms with Crippen molar-refractivity contribution < 1.29 is 9.59 Å². The number of nitrogens with one attached hydrogen (secondary N) is 4. The van der Waals surface area contributed by atoms with Gasteiger partial charge in [0.15, 0.2) is 0 Å². The average molecular weight is 483 g/mol. The van der Waals surface area contributed by atoms with Gasteiger partial charge in [0.2, 0.25) is 0 Å². The first kappa shape index (κ1) is 23.7. The third-order valence-electron chi connectivity index (χ3n) is 6.63. The minimum atomic E-state index is -0.204. The first-order valence-corrected chi connectivity index (χ1v) is 12.5. The summed E-state index contributed by atoms with van der Waals surface area (Å²) in [5.74, 6) is 0.414. The summed E-state index contributed by atoms with van der Waals surface area (Å²) in [7, 11) is 0. The number of aromatic amines is 1. The second-order valence-electron chi connectivity index (χ2n) is 9.12. The van der Waals surface area contributed by atoms with Crippen LogP contribution < -0.4 is 16.0 Å². The zero-order valence-electron chi connectivity index (χ0n) is 20.3. The molecule has 1 saturated carbocycles. The number of pyridine rings is 1. The number of anilines is 1. The van der Waals surface area contributed by atoms with Crippen molar-refractivity contribution in [3.63, 3.8) is 0 Å². The number of H-pyrrole nitrogens is 1. The molecule has 5 rings (SSSR count). The van der Waals surface area contributed by atoms with Crippen molar-refractivity contribution in [1.82, 2.24) is 25.6 Å². The van der Waals surface area contributed by atoms with Gasteiger partial charge in [-0.2, -0.15) is 0 Å². The van der Waals surface area contributed by atoms with Crippen LogP contribution in [0, 0.1) is 0 Å². The van der Waals surface area contributed by atoms with E-state index in [9.17, 15) is 9.59 Å². The zero-order chi connectivity index (χ0) is 24.9. The predicted octanol–water partition coefficient (Wildman–Crippen LogP) is 4.53. The fourth-order valence-corrected chi connectivity index (χ4v) is 4.77. The van der Waals surface area contributed by atoms with Gasteiger partial charge in [-0.15, -0.1) is 0 Å². The third-order valence-corrected chi connectivity index (χ3v) is 6.63. The fourth-order valence-electron chi connectivity index (χ4n) is 4.77. The van der Waals surface area contributed by atoms with Crippen molar-refractivity contribution in [3.8, 4) is 11.4 Å². The second kappa shape index (κ2) is 10.7. The Balaban J connectivity index is 1.29. The van der Waals surface area contributed by atoms with Gasteiger partial charge in [0.25, 0.3) is 11.8 Å². The van der Waals surface area contributed by atoms with Gasteiger partial charge >= 0.3 is 0 Å². The maximum atomic E-state index is 13.0. The van der Waals surface area contributed by atoms with E-state index in [1.54, 1.807) is 36.7 Å². The van der Waals surface area contributed by atoms with Crippen LogP contribution in [-0.4, -0.2) is 45.4 Å². The summed E-state index contributed by atoms with van der Waals surface area (Å²) in [4.78, 5) is 37.5. The maximum Gasteiger partial charge on any atom is 0.255 e. The molecular weight excluding hydrogens is 452 g/mol. The number of nitrogens with zero attached hydrogens (tertiary/aromatic N) is 2. The van der Waals surface area contributed by atoms with E-state index in [-0.39, 0.29) is 17.9 Å². The minimum Gasteiger partial charge on any atom is -0.348 e. The molecule has 2 atom stereocenters. The molecule has 2 aromatic carbocycles. The van der Waals surface area contributed by atoms with Crippen LogP contribution in [0.4, 0.5) is 5.69 Å². The number of aromatic nitrogens is 3. The van der Waals surface area contributed by atoms with Crippen molar-refractivity contribution in [1.29, 1.82) is 0 Å². The quantitative estimate of drug-likeness (QED) is 0.309. The molecule has 2 unspecified atom stereocenters. The van der Waals surface area contributed by atoms with E-state index in [0.717, 1.165) is 42.4 Å². The molecule has 1 fully saturated rings. The van der Waals surface area contributed by atoms with Crippen LogP contribution >= 0.6 is 0 Å². The number of hydrogen-bond donors (Lipinski definition) is 4. The van der Waals surface area contributed by atoms with Crippen LogP contribution in [0.15, 0.2) is 67.0 Å².